The summed E-state index contributed by atoms with van der Waals surface area (Å²) >= 11 is 6.15. The molecule has 0 bridgehead atoms. The van der Waals surface area contributed by atoms with Gasteiger partial charge in [0.15, 0.2) is 0 Å². The molecule has 0 radical (unpaired) electrons. The van der Waals surface area contributed by atoms with Crippen LogP contribution >= 0.6 is 11.6 Å². The van der Waals surface area contributed by atoms with Gasteiger partial charge in [0.25, 0.3) is 0 Å². The third-order valence-corrected chi connectivity index (χ3v) is 3.97. The molecule has 16 heavy (non-hydrogen) atoms. The van der Waals surface area contributed by atoms with Gasteiger partial charge in [-0.1, -0.05) is 36.6 Å². The van der Waals surface area contributed by atoms with Crippen LogP contribution in [0.25, 0.3) is 0 Å². The second kappa shape index (κ2) is 5.20. The Morgan fingerprint density at radius 2 is 2.00 bits per heavy atom. The highest BCUT2D eigenvalue weighted by molar-refractivity contribution is 6.31. The summed E-state index contributed by atoms with van der Waals surface area (Å²) < 4.78 is 0. The van der Waals surface area contributed by atoms with E-state index in [0.717, 1.165) is 29.8 Å². The molecule has 1 fully saturated rings. The highest BCUT2D eigenvalue weighted by Crippen LogP contribution is 2.33. The van der Waals surface area contributed by atoms with Gasteiger partial charge in [0.2, 0.25) is 0 Å². The molecule has 0 aromatic heterocycles. The number of aliphatic hydroxyl groups excluding tert-OH is 1. The molecule has 1 aliphatic carbocycles. The van der Waals surface area contributed by atoms with Gasteiger partial charge in [-0.25, -0.2) is 0 Å². The van der Waals surface area contributed by atoms with Crippen molar-refractivity contribution in [2.75, 3.05) is 0 Å². The van der Waals surface area contributed by atoms with Crippen LogP contribution in [0.1, 0.15) is 49.1 Å². The van der Waals surface area contributed by atoms with Crippen LogP contribution in [-0.2, 0) is 0 Å². The molecule has 2 heteroatoms. The topological polar surface area (TPSA) is 20.2 Å². The van der Waals surface area contributed by atoms with Crippen molar-refractivity contribution in [3.05, 3.63) is 34.3 Å². The number of benzene rings is 1. The van der Waals surface area contributed by atoms with Gasteiger partial charge in [-0.15, -0.1) is 0 Å². The molecule has 88 valence electrons. The molecular weight excluding hydrogens is 220 g/mol. The van der Waals surface area contributed by atoms with Crippen LogP contribution in [0.4, 0.5) is 0 Å². The molecule has 0 saturated heterocycles. The Morgan fingerprint density at radius 3 is 2.75 bits per heavy atom. The van der Waals surface area contributed by atoms with Crippen molar-refractivity contribution in [2.45, 2.75) is 51.0 Å². The summed E-state index contributed by atoms with van der Waals surface area (Å²) in [7, 11) is 0. The van der Waals surface area contributed by atoms with E-state index >= 15 is 0 Å². The molecule has 1 aromatic carbocycles. The first kappa shape index (κ1) is 11.9. The minimum absolute atomic E-state index is 0.132. The smallest absolute Gasteiger partial charge is 0.0546 e. The second-order valence-corrected chi connectivity index (χ2v) is 5.29. The van der Waals surface area contributed by atoms with Crippen molar-refractivity contribution in [1.82, 2.24) is 0 Å². The Hall–Kier alpha value is -0.530. The summed E-state index contributed by atoms with van der Waals surface area (Å²) in [6.07, 6.45) is 5.25. The number of halogens is 1. The lowest BCUT2D eigenvalue weighted by Gasteiger charge is -2.17. The monoisotopic (exact) mass is 238 g/mol. The zero-order valence-corrected chi connectivity index (χ0v) is 10.5. The van der Waals surface area contributed by atoms with Crippen molar-refractivity contribution >= 4 is 11.6 Å². The lowest BCUT2D eigenvalue weighted by Crippen LogP contribution is -2.09. The summed E-state index contributed by atoms with van der Waals surface area (Å²) in [5, 5.41) is 10.7. The number of aliphatic hydroxyl groups is 1. The van der Waals surface area contributed by atoms with Crippen molar-refractivity contribution in [1.29, 1.82) is 0 Å². The first-order valence-corrected chi connectivity index (χ1v) is 6.48. The zero-order valence-electron chi connectivity index (χ0n) is 9.75. The Balaban J connectivity index is 2.18. The predicted octanol–water partition coefficient (Wildman–Crippen LogP) is 4.06. The van der Waals surface area contributed by atoms with E-state index in [2.05, 4.69) is 18.2 Å². The average molecular weight is 239 g/mol. The van der Waals surface area contributed by atoms with Crippen molar-refractivity contribution < 1.29 is 5.11 Å². The first-order chi connectivity index (χ1) is 7.66. The van der Waals surface area contributed by atoms with Gasteiger partial charge >= 0.3 is 0 Å². The van der Waals surface area contributed by atoms with Gasteiger partial charge in [0.05, 0.1) is 6.10 Å². The van der Waals surface area contributed by atoms with E-state index in [1.54, 1.807) is 0 Å². The lowest BCUT2D eigenvalue weighted by atomic mass is 9.90. The van der Waals surface area contributed by atoms with E-state index in [-0.39, 0.29) is 6.10 Å². The third kappa shape index (κ3) is 2.78. The molecule has 0 amide bonds. The maximum absolute atomic E-state index is 9.81. The molecule has 0 spiro atoms. The molecule has 1 saturated carbocycles. The van der Waals surface area contributed by atoms with E-state index in [1.165, 1.54) is 18.4 Å². The fourth-order valence-corrected chi connectivity index (χ4v) is 2.69. The van der Waals surface area contributed by atoms with Gasteiger partial charge in [0, 0.05) is 5.02 Å². The van der Waals surface area contributed by atoms with E-state index in [0.29, 0.717) is 5.92 Å². The molecule has 1 aromatic rings. The highest BCUT2D eigenvalue weighted by Gasteiger charge is 2.20. The average Bonchev–Trinajstić information content (AvgIpc) is 2.47. The van der Waals surface area contributed by atoms with Crippen molar-refractivity contribution in [3.8, 4) is 0 Å². The fraction of sp³-hybridized carbons (Fsp3) is 0.571. The van der Waals surface area contributed by atoms with Crippen LogP contribution in [0.3, 0.4) is 0 Å². The van der Waals surface area contributed by atoms with Crippen LogP contribution in [0.2, 0.25) is 5.02 Å². The number of hydrogen-bond donors (Lipinski definition) is 1. The normalized spacial score (nSPS) is 26.4. The Morgan fingerprint density at radius 1 is 1.25 bits per heavy atom. The molecule has 0 aliphatic heterocycles. The van der Waals surface area contributed by atoms with E-state index in [9.17, 15) is 5.11 Å². The van der Waals surface area contributed by atoms with Gasteiger partial charge in [-0.2, -0.15) is 0 Å². The molecule has 2 atom stereocenters. The van der Waals surface area contributed by atoms with Crippen LogP contribution in [-0.4, -0.2) is 11.2 Å². The van der Waals surface area contributed by atoms with Gasteiger partial charge in [-0.05, 0) is 49.3 Å². The van der Waals surface area contributed by atoms with Gasteiger partial charge in [-0.3, -0.25) is 0 Å². The first-order valence-electron chi connectivity index (χ1n) is 6.11. The molecule has 1 aliphatic rings. The second-order valence-electron chi connectivity index (χ2n) is 4.88. The predicted molar refractivity (Wildman–Crippen MR) is 68.0 cm³/mol. The molecule has 2 rings (SSSR count). The minimum atomic E-state index is -0.132. The maximum Gasteiger partial charge on any atom is 0.0546 e. The van der Waals surface area contributed by atoms with Crippen molar-refractivity contribution in [2.24, 2.45) is 0 Å². The number of rotatable bonds is 1. The standard InChI is InChI=1S/C14H19ClO/c1-10-6-7-12(9-14(10)15)11-4-2-3-5-13(16)8-11/h6-7,9,11,13,16H,2-5,8H2,1H3. The van der Waals surface area contributed by atoms with Gasteiger partial charge in [0.1, 0.15) is 0 Å². The highest BCUT2D eigenvalue weighted by atomic mass is 35.5. The molecule has 2 unspecified atom stereocenters. The zero-order chi connectivity index (χ0) is 11.5. The van der Waals surface area contributed by atoms with E-state index < -0.39 is 0 Å². The minimum Gasteiger partial charge on any atom is -0.393 e. The summed E-state index contributed by atoms with van der Waals surface area (Å²) in [5.74, 6) is 0.482. The Labute approximate surface area is 102 Å². The Bertz CT molecular complexity index is 362. The lowest BCUT2D eigenvalue weighted by molar-refractivity contribution is 0.152. The van der Waals surface area contributed by atoms with Crippen LogP contribution in [0.15, 0.2) is 18.2 Å². The summed E-state index contributed by atoms with van der Waals surface area (Å²) in [6, 6.07) is 6.30. The van der Waals surface area contributed by atoms with E-state index in [4.69, 9.17) is 11.6 Å². The molecule has 1 N–H and O–H groups in total. The molecular formula is C14H19ClO. The van der Waals surface area contributed by atoms with Crippen LogP contribution in [0.5, 0.6) is 0 Å². The van der Waals surface area contributed by atoms with E-state index in [1.807, 2.05) is 6.92 Å². The number of hydrogen-bond acceptors (Lipinski definition) is 1. The Kier molecular flexibility index (Phi) is 3.88. The van der Waals surface area contributed by atoms with Gasteiger partial charge < -0.3 is 5.11 Å². The van der Waals surface area contributed by atoms with Crippen LogP contribution < -0.4 is 0 Å². The molecule has 1 nitrogen and oxygen atoms in total. The van der Waals surface area contributed by atoms with Crippen LogP contribution in [0, 0.1) is 6.92 Å². The maximum atomic E-state index is 9.81. The SMILES string of the molecule is Cc1ccc(C2CCCCC(O)C2)cc1Cl. The summed E-state index contributed by atoms with van der Waals surface area (Å²) in [6.45, 7) is 2.02. The van der Waals surface area contributed by atoms with Crippen molar-refractivity contribution in [3.63, 3.8) is 0 Å². The molecule has 0 heterocycles. The fourth-order valence-electron chi connectivity index (χ4n) is 2.50. The number of aryl methyl sites for hydroxylation is 1. The largest absolute Gasteiger partial charge is 0.393 e. The summed E-state index contributed by atoms with van der Waals surface area (Å²) in [5.41, 5.74) is 2.41. The summed E-state index contributed by atoms with van der Waals surface area (Å²) in [4.78, 5) is 0. The quantitative estimate of drug-likeness (QED) is 0.732. The third-order valence-electron chi connectivity index (χ3n) is 3.56.